The molecule has 3 amide bonds. The van der Waals surface area contributed by atoms with Gasteiger partial charge >= 0.3 is 6.03 Å². The van der Waals surface area contributed by atoms with Crippen molar-refractivity contribution in [3.63, 3.8) is 0 Å². The number of hydrogen-bond donors (Lipinski definition) is 3. The molecule has 0 radical (unpaired) electrons. The minimum Gasteiger partial charge on any atom is -0.341 e. The molecule has 1 atom stereocenters. The van der Waals surface area contributed by atoms with Crippen molar-refractivity contribution in [3.8, 4) is 0 Å². The minimum absolute atomic E-state index is 0.352. The SMILES string of the molecule is CNC(=O)NC(=O)C(C)NCCc1cc(F)cc(F)c1. The number of carbonyl (C=O) groups is 2. The van der Waals surface area contributed by atoms with Gasteiger partial charge in [-0.1, -0.05) is 0 Å². The van der Waals surface area contributed by atoms with Gasteiger partial charge in [0.15, 0.2) is 0 Å². The van der Waals surface area contributed by atoms with Gasteiger partial charge in [-0.15, -0.1) is 0 Å². The number of halogens is 2. The molecule has 0 saturated heterocycles. The van der Waals surface area contributed by atoms with Gasteiger partial charge in [-0.05, 0) is 37.6 Å². The van der Waals surface area contributed by atoms with Crippen LogP contribution in [0.1, 0.15) is 12.5 Å². The zero-order valence-electron chi connectivity index (χ0n) is 11.3. The van der Waals surface area contributed by atoms with Crippen molar-refractivity contribution in [2.45, 2.75) is 19.4 Å². The fourth-order valence-corrected chi connectivity index (χ4v) is 1.56. The first-order valence-electron chi connectivity index (χ1n) is 6.13. The molecule has 1 aromatic rings. The highest BCUT2D eigenvalue weighted by Crippen LogP contribution is 2.08. The molecule has 0 aliphatic carbocycles. The Morgan fingerprint density at radius 1 is 1.20 bits per heavy atom. The second kappa shape index (κ2) is 7.54. The first kappa shape index (κ1) is 16.0. The molecule has 0 aromatic heterocycles. The van der Waals surface area contributed by atoms with Crippen LogP contribution in [0.25, 0.3) is 0 Å². The summed E-state index contributed by atoms with van der Waals surface area (Å²) in [7, 11) is 1.40. The molecule has 0 spiro atoms. The number of carbonyl (C=O) groups excluding carboxylic acids is 2. The molecule has 1 rings (SSSR count). The van der Waals surface area contributed by atoms with Gasteiger partial charge < -0.3 is 10.6 Å². The quantitative estimate of drug-likeness (QED) is 0.754. The number of amides is 3. The molecule has 5 nitrogen and oxygen atoms in total. The first-order valence-corrected chi connectivity index (χ1v) is 6.13. The summed E-state index contributed by atoms with van der Waals surface area (Å²) < 4.78 is 25.9. The second-order valence-corrected chi connectivity index (χ2v) is 4.27. The lowest BCUT2D eigenvalue weighted by molar-refractivity contribution is -0.121. The Kier molecular flexibility index (Phi) is 6.05. The highest BCUT2D eigenvalue weighted by Gasteiger charge is 2.14. The molecular formula is C13H17F2N3O2. The summed E-state index contributed by atoms with van der Waals surface area (Å²) in [5, 5.41) is 7.25. The van der Waals surface area contributed by atoms with E-state index < -0.39 is 29.6 Å². The van der Waals surface area contributed by atoms with Gasteiger partial charge in [0.25, 0.3) is 0 Å². The molecule has 0 aliphatic rings. The van der Waals surface area contributed by atoms with Crippen LogP contribution in [0.5, 0.6) is 0 Å². The molecule has 0 fully saturated rings. The molecule has 1 unspecified atom stereocenters. The van der Waals surface area contributed by atoms with Gasteiger partial charge in [0.05, 0.1) is 6.04 Å². The van der Waals surface area contributed by atoms with Crippen LogP contribution in [0.4, 0.5) is 13.6 Å². The van der Waals surface area contributed by atoms with Gasteiger partial charge in [-0.25, -0.2) is 13.6 Å². The molecule has 0 bridgehead atoms. The van der Waals surface area contributed by atoms with Crippen molar-refractivity contribution in [1.29, 1.82) is 0 Å². The van der Waals surface area contributed by atoms with Crippen LogP contribution >= 0.6 is 0 Å². The molecule has 0 heterocycles. The highest BCUT2D eigenvalue weighted by atomic mass is 19.1. The topological polar surface area (TPSA) is 70.2 Å². The van der Waals surface area contributed by atoms with Crippen molar-refractivity contribution in [3.05, 3.63) is 35.4 Å². The Morgan fingerprint density at radius 3 is 2.35 bits per heavy atom. The predicted octanol–water partition coefficient (Wildman–Crippen LogP) is 0.941. The summed E-state index contributed by atoms with van der Waals surface area (Å²) in [5.41, 5.74) is 0.494. The Morgan fingerprint density at radius 2 is 1.80 bits per heavy atom. The van der Waals surface area contributed by atoms with E-state index in [-0.39, 0.29) is 0 Å². The van der Waals surface area contributed by atoms with Crippen LogP contribution < -0.4 is 16.0 Å². The van der Waals surface area contributed by atoms with E-state index in [1.165, 1.54) is 19.2 Å². The average molecular weight is 285 g/mol. The third kappa shape index (κ3) is 5.31. The smallest absolute Gasteiger partial charge is 0.321 e. The lowest BCUT2D eigenvalue weighted by Gasteiger charge is -2.13. The van der Waals surface area contributed by atoms with Crippen LogP contribution in [-0.2, 0) is 11.2 Å². The summed E-state index contributed by atoms with van der Waals surface area (Å²) in [5.74, 6) is -1.74. The van der Waals surface area contributed by atoms with Crippen LogP contribution in [0.3, 0.4) is 0 Å². The molecule has 110 valence electrons. The maximum absolute atomic E-state index is 13.0. The number of nitrogens with one attached hydrogen (secondary N) is 3. The van der Waals surface area contributed by atoms with E-state index in [0.29, 0.717) is 18.5 Å². The second-order valence-electron chi connectivity index (χ2n) is 4.27. The summed E-state index contributed by atoms with van der Waals surface area (Å²) in [6.45, 7) is 1.94. The van der Waals surface area contributed by atoms with Crippen molar-refractivity contribution >= 4 is 11.9 Å². The van der Waals surface area contributed by atoms with Crippen molar-refractivity contribution in [2.24, 2.45) is 0 Å². The number of imide groups is 1. The highest BCUT2D eigenvalue weighted by molar-refractivity contribution is 5.96. The van der Waals surface area contributed by atoms with Gasteiger partial charge in [0.1, 0.15) is 11.6 Å². The van der Waals surface area contributed by atoms with E-state index in [1.54, 1.807) is 6.92 Å². The number of benzene rings is 1. The predicted molar refractivity (Wildman–Crippen MR) is 70.1 cm³/mol. The average Bonchev–Trinajstić information content (AvgIpc) is 2.37. The standard InChI is InChI=1S/C13H17F2N3O2/c1-8(12(19)18-13(20)16-2)17-4-3-9-5-10(14)7-11(15)6-9/h5-8,17H,3-4H2,1-2H3,(H2,16,18,19,20). The van der Waals surface area contributed by atoms with Gasteiger partial charge in [0.2, 0.25) is 5.91 Å². The van der Waals surface area contributed by atoms with Crippen molar-refractivity contribution < 1.29 is 18.4 Å². The zero-order valence-corrected chi connectivity index (χ0v) is 11.3. The largest absolute Gasteiger partial charge is 0.341 e. The molecule has 0 saturated carbocycles. The van der Waals surface area contributed by atoms with E-state index in [1.807, 2.05) is 0 Å². The number of hydrogen-bond acceptors (Lipinski definition) is 3. The van der Waals surface area contributed by atoms with Crippen LogP contribution in [0, 0.1) is 11.6 Å². The van der Waals surface area contributed by atoms with Crippen LogP contribution in [-0.4, -0.2) is 31.6 Å². The first-order chi connectivity index (χ1) is 9.42. The maximum Gasteiger partial charge on any atom is 0.321 e. The summed E-state index contributed by atoms with van der Waals surface area (Å²) in [4.78, 5) is 22.5. The number of rotatable bonds is 5. The fourth-order valence-electron chi connectivity index (χ4n) is 1.56. The lowest BCUT2D eigenvalue weighted by Crippen LogP contribution is -2.47. The lowest BCUT2D eigenvalue weighted by atomic mass is 10.1. The number of urea groups is 1. The fraction of sp³-hybridized carbons (Fsp3) is 0.385. The summed E-state index contributed by atoms with van der Waals surface area (Å²) >= 11 is 0. The van der Waals surface area contributed by atoms with Crippen LogP contribution in [0.2, 0.25) is 0 Å². The van der Waals surface area contributed by atoms with Crippen molar-refractivity contribution in [2.75, 3.05) is 13.6 Å². The van der Waals surface area contributed by atoms with Crippen LogP contribution in [0.15, 0.2) is 18.2 Å². The molecule has 20 heavy (non-hydrogen) atoms. The Balaban J connectivity index is 2.39. The molecular weight excluding hydrogens is 268 g/mol. The van der Waals surface area contributed by atoms with E-state index >= 15 is 0 Å². The van der Waals surface area contributed by atoms with Gasteiger partial charge in [-0.2, -0.15) is 0 Å². The Labute approximate surface area is 115 Å². The summed E-state index contributed by atoms with van der Waals surface area (Å²) in [6.07, 6.45) is 0.367. The van der Waals surface area contributed by atoms with E-state index in [4.69, 9.17) is 0 Å². The molecule has 0 aliphatic heterocycles. The third-order valence-corrected chi connectivity index (χ3v) is 2.64. The molecule has 7 heteroatoms. The Bertz CT molecular complexity index is 474. The monoisotopic (exact) mass is 285 g/mol. The maximum atomic E-state index is 13.0. The molecule has 3 N–H and O–H groups in total. The molecule has 1 aromatic carbocycles. The van der Waals surface area contributed by atoms with E-state index in [2.05, 4.69) is 16.0 Å². The minimum atomic E-state index is -0.634. The van der Waals surface area contributed by atoms with Gasteiger partial charge in [0, 0.05) is 13.1 Å². The zero-order chi connectivity index (χ0) is 15.1. The third-order valence-electron chi connectivity index (χ3n) is 2.64. The Hall–Kier alpha value is -2.02. The van der Waals surface area contributed by atoms with Gasteiger partial charge in [-0.3, -0.25) is 10.1 Å². The van der Waals surface area contributed by atoms with E-state index in [0.717, 1.165) is 6.07 Å². The van der Waals surface area contributed by atoms with E-state index in [9.17, 15) is 18.4 Å². The normalized spacial score (nSPS) is 11.8. The van der Waals surface area contributed by atoms with Crippen molar-refractivity contribution in [1.82, 2.24) is 16.0 Å². The summed E-state index contributed by atoms with van der Waals surface area (Å²) in [6, 6.07) is 2.10.